The minimum atomic E-state index is -4.30. The topological polar surface area (TPSA) is 21.3 Å². The molecule has 0 radical (unpaired) electrons. The van der Waals surface area contributed by atoms with E-state index in [-0.39, 0.29) is 18.2 Å². The molecule has 21 heavy (non-hydrogen) atoms. The molecule has 0 bridgehead atoms. The van der Waals surface area contributed by atoms with Crippen LogP contribution in [0.5, 0.6) is 0 Å². The lowest BCUT2D eigenvalue weighted by atomic mass is 9.98. The summed E-state index contributed by atoms with van der Waals surface area (Å²) in [4.78, 5) is 0. The van der Waals surface area contributed by atoms with Crippen LogP contribution in [0.4, 0.5) is 13.2 Å². The van der Waals surface area contributed by atoms with Gasteiger partial charge in [0.15, 0.2) is 0 Å². The van der Waals surface area contributed by atoms with Gasteiger partial charge in [-0.25, -0.2) is 0 Å². The smallest absolute Gasteiger partial charge is 0.377 e. The minimum Gasteiger partial charge on any atom is -0.377 e. The molecule has 1 unspecified atom stereocenters. The molecule has 1 N–H and O–H groups in total. The SMILES string of the molecule is FC(F)(F)C(NCCOC1CCCCC1)c1ccccc1. The Morgan fingerprint density at radius 3 is 2.38 bits per heavy atom. The first-order valence-corrected chi connectivity index (χ1v) is 7.54. The first-order chi connectivity index (χ1) is 10.1. The van der Waals surface area contributed by atoms with Gasteiger partial charge < -0.3 is 10.1 Å². The van der Waals surface area contributed by atoms with Crippen LogP contribution < -0.4 is 5.32 Å². The summed E-state index contributed by atoms with van der Waals surface area (Å²) < 4.78 is 44.9. The van der Waals surface area contributed by atoms with Gasteiger partial charge in [0.1, 0.15) is 6.04 Å². The largest absolute Gasteiger partial charge is 0.407 e. The van der Waals surface area contributed by atoms with Crippen LogP contribution in [-0.2, 0) is 4.74 Å². The molecular formula is C16H22F3NO. The number of hydrogen-bond acceptors (Lipinski definition) is 2. The number of benzene rings is 1. The summed E-state index contributed by atoms with van der Waals surface area (Å²) >= 11 is 0. The van der Waals surface area contributed by atoms with Crippen molar-refractivity contribution in [2.45, 2.75) is 50.4 Å². The Kier molecular flexibility index (Phi) is 6.06. The van der Waals surface area contributed by atoms with Crippen molar-refractivity contribution in [3.8, 4) is 0 Å². The predicted molar refractivity (Wildman–Crippen MR) is 76.1 cm³/mol. The highest BCUT2D eigenvalue weighted by Crippen LogP contribution is 2.32. The van der Waals surface area contributed by atoms with Gasteiger partial charge in [-0.2, -0.15) is 13.2 Å². The van der Waals surface area contributed by atoms with Crippen LogP contribution in [0.2, 0.25) is 0 Å². The third kappa shape index (κ3) is 5.32. The van der Waals surface area contributed by atoms with Crippen molar-refractivity contribution >= 4 is 0 Å². The van der Waals surface area contributed by atoms with Crippen LogP contribution >= 0.6 is 0 Å². The van der Waals surface area contributed by atoms with Crippen molar-refractivity contribution in [2.24, 2.45) is 0 Å². The van der Waals surface area contributed by atoms with E-state index in [2.05, 4.69) is 5.32 Å². The Morgan fingerprint density at radius 2 is 1.76 bits per heavy atom. The first-order valence-electron chi connectivity index (χ1n) is 7.54. The van der Waals surface area contributed by atoms with Gasteiger partial charge in [-0.3, -0.25) is 0 Å². The second kappa shape index (κ2) is 7.80. The molecule has 0 spiro atoms. The van der Waals surface area contributed by atoms with Crippen molar-refractivity contribution in [3.63, 3.8) is 0 Å². The number of nitrogens with one attached hydrogen (secondary N) is 1. The van der Waals surface area contributed by atoms with E-state index < -0.39 is 12.2 Å². The predicted octanol–water partition coefficient (Wildman–Crippen LogP) is 4.23. The van der Waals surface area contributed by atoms with Gasteiger partial charge in [0.2, 0.25) is 0 Å². The Balaban J connectivity index is 1.80. The molecule has 1 aromatic rings. The standard InChI is InChI=1S/C16H22F3NO/c17-16(18,19)15(13-7-3-1-4-8-13)20-11-12-21-14-9-5-2-6-10-14/h1,3-4,7-8,14-15,20H,2,5-6,9-12H2. The molecular weight excluding hydrogens is 279 g/mol. The van der Waals surface area contributed by atoms with Gasteiger partial charge in [-0.1, -0.05) is 49.6 Å². The molecule has 2 rings (SSSR count). The molecule has 118 valence electrons. The zero-order valence-corrected chi connectivity index (χ0v) is 12.0. The molecule has 1 fully saturated rings. The highest BCUT2D eigenvalue weighted by Gasteiger charge is 2.40. The summed E-state index contributed by atoms with van der Waals surface area (Å²) in [6.45, 7) is 0.527. The second-order valence-corrected chi connectivity index (χ2v) is 5.47. The maximum Gasteiger partial charge on any atom is 0.407 e. The van der Waals surface area contributed by atoms with Gasteiger partial charge in [-0.05, 0) is 18.4 Å². The lowest BCUT2D eigenvalue weighted by Crippen LogP contribution is -2.36. The molecule has 0 aromatic heterocycles. The van der Waals surface area contributed by atoms with E-state index in [9.17, 15) is 13.2 Å². The van der Waals surface area contributed by atoms with Crippen LogP contribution in [0, 0.1) is 0 Å². The zero-order valence-electron chi connectivity index (χ0n) is 12.0. The van der Waals surface area contributed by atoms with Crippen molar-refractivity contribution in [2.75, 3.05) is 13.2 Å². The molecule has 1 aromatic carbocycles. The normalized spacial score (nSPS) is 18.6. The van der Waals surface area contributed by atoms with E-state index in [1.165, 1.54) is 18.6 Å². The third-order valence-corrected chi connectivity index (χ3v) is 3.82. The van der Waals surface area contributed by atoms with Crippen LogP contribution in [0.15, 0.2) is 30.3 Å². The lowest BCUT2D eigenvalue weighted by Gasteiger charge is -2.24. The number of ether oxygens (including phenoxy) is 1. The van der Waals surface area contributed by atoms with Gasteiger partial charge in [0, 0.05) is 6.54 Å². The Labute approximate surface area is 123 Å². The average molecular weight is 301 g/mol. The van der Waals surface area contributed by atoms with Crippen LogP contribution in [-0.4, -0.2) is 25.4 Å². The van der Waals surface area contributed by atoms with Crippen molar-refractivity contribution < 1.29 is 17.9 Å². The quantitative estimate of drug-likeness (QED) is 0.794. The van der Waals surface area contributed by atoms with Crippen LogP contribution in [0.1, 0.15) is 43.7 Å². The van der Waals surface area contributed by atoms with Crippen molar-refractivity contribution in [1.82, 2.24) is 5.32 Å². The summed E-state index contributed by atoms with van der Waals surface area (Å²) in [5.74, 6) is 0. The maximum atomic E-state index is 13.1. The molecule has 1 aliphatic carbocycles. The molecule has 0 amide bonds. The number of alkyl halides is 3. The molecule has 2 nitrogen and oxygen atoms in total. The zero-order chi connectivity index (χ0) is 15.1. The Bertz CT molecular complexity index is 402. The molecule has 5 heteroatoms. The van der Waals surface area contributed by atoms with E-state index in [1.54, 1.807) is 18.2 Å². The van der Waals surface area contributed by atoms with Gasteiger partial charge in [0.05, 0.1) is 12.7 Å². The molecule has 0 aliphatic heterocycles. The highest BCUT2D eigenvalue weighted by atomic mass is 19.4. The van der Waals surface area contributed by atoms with Gasteiger partial charge >= 0.3 is 6.18 Å². The van der Waals surface area contributed by atoms with Crippen molar-refractivity contribution in [3.05, 3.63) is 35.9 Å². The van der Waals surface area contributed by atoms with E-state index >= 15 is 0 Å². The Morgan fingerprint density at radius 1 is 1.10 bits per heavy atom. The lowest BCUT2D eigenvalue weighted by molar-refractivity contribution is -0.158. The van der Waals surface area contributed by atoms with Gasteiger partial charge in [0.25, 0.3) is 0 Å². The summed E-state index contributed by atoms with van der Waals surface area (Å²) in [6.07, 6.45) is 1.54. The summed E-state index contributed by atoms with van der Waals surface area (Å²) in [5, 5.41) is 2.57. The van der Waals surface area contributed by atoms with Crippen LogP contribution in [0.3, 0.4) is 0 Å². The van der Waals surface area contributed by atoms with Gasteiger partial charge in [-0.15, -0.1) is 0 Å². The molecule has 0 heterocycles. The molecule has 1 atom stereocenters. The third-order valence-electron chi connectivity index (χ3n) is 3.82. The summed E-state index contributed by atoms with van der Waals surface area (Å²) in [5.41, 5.74) is 0.239. The Hall–Kier alpha value is -1.07. The number of rotatable bonds is 6. The second-order valence-electron chi connectivity index (χ2n) is 5.47. The molecule has 1 saturated carbocycles. The number of hydrogen-bond donors (Lipinski definition) is 1. The van der Waals surface area contributed by atoms with E-state index in [4.69, 9.17) is 4.74 Å². The average Bonchev–Trinajstić information content (AvgIpc) is 2.48. The van der Waals surface area contributed by atoms with E-state index in [1.807, 2.05) is 0 Å². The monoisotopic (exact) mass is 301 g/mol. The minimum absolute atomic E-state index is 0.204. The number of halogens is 3. The van der Waals surface area contributed by atoms with E-state index in [0.29, 0.717) is 6.61 Å². The fraction of sp³-hybridized carbons (Fsp3) is 0.625. The maximum absolute atomic E-state index is 13.1. The van der Waals surface area contributed by atoms with E-state index in [0.717, 1.165) is 25.7 Å². The first kappa shape index (κ1) is 16.3. The fourth-order valence-electron chi connectivity index (χ4n) is 2.73. The molecule has 1 aliphatic rings. The van der Waals surface area contributed by atoms with Crippen molar-refractivity contribution in [1.29, 1.82) is 0 Å². The summed E-state index contributed by atoms with van der Waals surface area (Å²) in [6, 6.07) is 6.31. The molecule has 0 saturated heterocycles. The summed E-state index contributed by atoms with van der Waals surface area (Å²) in [7, 11) is 0. The fourth-order valence-corrected chi connectivity index (χ4v) is 2.73. The highest BCUT2D eigenvalue weighted by molar-refractivity contribution is 5.20. The van der Waals surface area contributed by atoms with Crippen LogP contribution in [0.25, 0.3) is 0 Å².